The Balaban J connectivity index is 2.13. The fraction of sp³-hybridized carbons (Fsp3) is 0.538. The number of carbonyl (C=O) groups is 1. The highest BCUT2D eigenvalue weighted by Crippen LogP contribution is 2.22. The van der Waals surface area contributed by atoms with Crippen molar-refractivity contribution in [1.82, 2.24) is 15.2 Å². The summed E-state index contributed by atoms with van der Waals surface area (Å²) in [5.74, 6) is -0.563. The van der Waals surface area contributed by atoms with E-state index in [2.05, 4.69) is 15.0 Å². The molecule has 2 heterocycles. The van der Waals surface area contributed by atoms with Crippen LogP contribution in [0.25, 0.3) is 0 Å². The van der Waals surface area contributed by atoms with E-state index in [0.717, 1.165) is 0 Å². The molecule has 116 valence electrons. The van der Waals surface area contributed by atoms with Crippen molar-refractivity contribution in [2.45, 2.75) is 19.1 Å². The lowest BCUT2D eigenvalue weighted by atomic mass is 10.2. The van der Waals surface area contributed by atoms with Gasteiger partial charge in [-0.1, -0.05) is 0 Å². The molecular weight excluding hydrogens is 287 g/mol. The highest BCUT2D eigenvalue weighted by molar-refractivity contribution is 5.95. The molecule has 1 aliphatic heterocycles. The molecule has 0 aliphatic carbocycles. The maximum absolute atomic E-state index is 12.4. The third-order valence-corrected chi connectivity index (χ3v) is 3.02. The summed E-state index contributed by atoms with van der Waals surface area (Å²) in [7, 11) is 0. The van der Waals surface area contributed by atoms with Crippen LogP contribution in [0, 0.1) is 0 Å². The van der Waals surface area contributed by atoms with E-state index < -0.39 is 18.7 Å². The molecule has 0 aromatic carbocycles. The van der Waals surface area contributed by atoms with E-state index in [1.807, 2.05) is 6.92 Å². The Hall–Kier alpha value is -1.83. The molecule has 0 spiro atoms. The van der Waals surface area contributed by atoms with Crippen LogP contribution < -0.4 is 10.1 Å². The predicted octanol–water partition coefficient (Wildman–Crippen LogP) is 1.46. The molecule has 21 heavy (non-hydrogen) atoms. The average Bonchev–Trinajstić information content (AvgIpc) is 2.44. The van der Waals surface area contributed by atoms with E-state index in [0.29, 0.717) is 19.6 Å². The van der Waals surface area contributed by atoms with E-state index >= 15 is 0 Å². The molecule has 1 aromatic rings. The molecule has 1 aliphatic rings. The number of amides is 1. The first-order valence-electron chi connectivity index (χ1n) is 6.54. The zero-order chi connectivity index (χ0) is 15.5. The molecule has 1 N–H and O–H groups in total. The van der Waals surface area contributed by atoms with E-state index in [9.17, 15) is 18.0 Å². The first-order valence-corrected chi connectivity index (χ1v) is 6.54. The lowest BCUT2D eigenvalue weighted by molar-refractivity contribution is -0.153. The van der Waals surface area contributed by atoms with Gasteiger partial charge in [0.05, 0.1) is 0 Å². The van der Waals surface area contributed by atoms with Crippen LogP contribution in [0.5, 0.6) is 5.75 Å². The number of alkyl halides is 3. The molecule has 8 heteroatoms. The van der Waals surface area contributed by atoms with Gasteiger partial charge in [0.2, 0.25) is 0 Å². The maximum Gasteiger partial charge on any atom is 0.422 e. The topological polar surface area (TPSA) is 54.5 Å². The Morgan fingerprint density at radius 1 is 1.57 bits per heavy atom. The standard InChI is InChI=1S/C13H16F3N3O2/c1-9-7-19(6-5-17-9)12(20)11-10(3-2-4-18-11)21-8-13(14,15)16/h2-4,9,17H,5-8H2,1H3/t9-/m1/s1. The lowest BCUT2D eigenvalue weighted by Gasteiger charge is -2.31. The largest absolute Gasteiger partial charge is 0.482 e. The Bertz CT molecular complexity index is 508. The number of nitrogens with zero attached hydrogens (tertiary/aromatic N) is 2. The molecule has 1 saturated heterocycles. The summed E-state index contributed by atoms with van der Waals surface area (Å²) < 4.78 is 41.4. The Morgan fingerprint density at radius 3 is 3.00 bits per heavy atom. The quantitative estimate of drug-likeness (QED) is 0.918. The minimum atomic E-state index is -4.46. The van der Waals surface area contributed by atoms with Crippen LogP contribution in [-0.2, 0) is 0 Å². The van der Waals surface area contributed by atoms with Gasteiger partial charge in [0.1, 0.15) is 0 Å². The fourth-order valence-electron chi connectivity index (χ4n) is 2.09. The Morgan fingerprint density at radius 2 is 2.33 bits per heavy atom. The summed E-state index contributed by atoms with van der Waals surface area (Å²) in [6, 6.07) is 2.88. The van der Waals surface area contributed by atoms with E-state index in [4.69, 9.17) is 0 Å². The fourth-order valence-corrected chi connectivity index (χ4v) is 2.09. The van der Waals surface area contributed by atoms with Gasteiger partial charge in [-0.05, 0) is 19.1 Å². The number of halogens is 3. The van der Waals surface area contributed by atoms with Gasteiger partial charge in [0, 0.05) is 31.9 Å². The van der Waals surface area contributed by atoms with Gasteiger partial charge in [0.15, 0.2) is 18.1 Å². The molecule has 0 radical (unpaired) electrons. The number of hydrogen-bond donors (Lipinski definition) is 1. The van der Waals surface area contributed by atoms with Crippen LogP contribution in [0.3, 0.4) is 0 Å². The second-order valence-electron chi connectivity index (χ2n) is 4.86. The minimum Gasteiger partial charge on any atom is -0.482 e. The van der Waals surface area contributed by atoms with Gasteiger partial charge in [-0.2, -0.15) is 13.2 Å². The van der Waals surface area contributed by atoms with Gasteiger partial charge < -0.3 is 15.0 Å². The van der Waals surface area contributed by atoms with Crippen molar-refractivity contribution in [3.05, 3.63) is 24.0 Å². The van der Waals surface area contributed by atoms with E-state index in [-0.39, 0.29) is 17.5 Å². The molecule has 1 aromatic heterocycles. The van der Waals surface area contributed by atoms with Crippen LogP contribution in [0.15, 0.2) is 18.3 Å². The zero-order valence-electron chi connectivity index (χ0n) is 11.5. The molecule has 2 rings (SSSR count). The number of rotatable bonds is 3. The van der Waals surface area contributed by atoms with Gasteiger partial charge >= 0.3 is 6.18 Å². The monoisotopic (exact) mass is 303 g/mol. The number of pyridine rings is 1. The van der Waals surface area contributed by atoms with Crippen molar-refractivity contribution >= 4 is 5.91 Å². The van der Waals surface area contributed by atoms with Crippen LogP contribution in [0.1, 0.15) is 17.4 Å². The summed E-state index contributed by atoms with van der Waals surface area (Å²) >= 11 is 0. The van der Waals surface area contributed by atoms with E-state index in [1.54, 1.807) is 4.90 Å². The Labute approximate surface area is 120 Å². The van der Waals surface area contributed by atoms with Crippen LogP contribution in [0.4, 0.5) is 13.2 Å². The van der Waals surface area contributed by atoms with Crippen LogP contribution in [0.2, 0.25) is 0 Å². The first kappa shape index (κ1) is 15.6. The number of carbonyl (C=O) groups excluding carboxylic acids is 1. The van der Waals surface area contributed by atoms with Gasteiger partial charge in [-0.25, -0.2) is 4.98 Å². The summed E-state index contributed by atoms with van der Waals surface area (Å²) in [5, 5.41) is 3.18. The van der Waals surface area contributed by atoms with Crippen molar-refractivity contribution in [1.29, 1.82) is 0 Å². The summed E-state index contributed by atoms with van der Waals surface area (Å²) in [5.41, 5.74) is -0.0872. The number of hydrogen-bond acceptors (Lipinski definition) is 4. The van der Waals surface area contributed by atoms with Crippen LogP contribution in [-0.4, -0.2) is 54.3 Å². The van der Waals surface area contributed by atoms with Crippen molar-refractivity contribution in [2.24, 2.45) is 0 Å². The van der Waals surface area contributed by atoms with Crippen molar-refractivity contribution < 1.29 is 22.7 Å². The number of nitrogens with one attached hydrogen (secondary N) is 1. The average molecular weight is 303 g/mol. The first-order chi connectivity index (χ1) is 9.87. The SMILES string of the molecule is C[C@@H]1CN(C(=O)c2ncccc2OCC(F)(F)F)CCN1. The van der Waals surface area contributed by atoms with Crippen LogP contribution >= 0.6 is 0 Å². The van der Waals surface area contributed by atoms with E-state index in [1.165, 1.54) is 18.3 Å². The summed E-state index contributed by atoms with van der Waals surface area (Å²) in [6.07, 6.45) is -3.10. The highest BCUT2D eigenvalue weighted by Gasteiger charge is 2.30. The second kappa shape index (κ2) is 6.30. The third kappa shape index (κ3) is 4.32. The molecule has 1 fully saturated rings. The van der Waals surface area contributed by atoms with Crippen molar-refractivity contribution in [3.8, 4) is 5.75 Å². The third-order valence-electron chi connectivity index (χ3n) is 3.02. The normalized spacial score (nSPS) is 19.4. The number of ether oxygens (including phenoxy) is 1. The van der Waals surface area contributed by atoms with Gasteiger partial charge in [0.25, 0.3) is 5.91 Å². The highest BCUT2D eigenvalue weighted by atomic mass is 19.4. The minimum absolute atomic E-state index is 0.0872. The molecule has 1 amide bonds. The number of piperazine rings is 1. The summed E-state index contributed by atoms with van der Waals surface area (Å²) in [4.78, 5) is 17.8. The summed E-state index contributed by atoms with van der Waals surface area (Å²) in [6.45, 7) is 2.08. The predicted molar refractivity (Wildman–Crippen MR) is 69.2 cm³/mol. The molecule has 5 nitrogen and oxygen atoms in total. The lowest BCUT2D eigenvalue weighted by Crippen LogP contribution is -2.51. The Kier molecular flexibility index (Phi) is 4.66. The molecule has 0 saturated carbocycles. The zero-order valence-corrected chi connectivity index (χ0v) is 11.5. The number of aromatic nitrogens is 1. The smallest absolute Gasteiger partial charge is 0.422 e. The maximum atomic E-state index is 12.4. The van der Waals surface area contributed by atoms with Crippen molar-refractivity contribution in [3.63, 3.8) is 0 Å². The molecule has 0 bridgehead atoms. The van der Waals surface area contributed by atoms with Gasteiger partial charge in [-0.15, -0.1) is 0 Å². The molecular formula is C13H16F3N3O2. The second-order valence-corrected chi connectivity index (χ2v) is 4.86. The molecule has 1 atom stereocenters. The molecule has 0 unspecified atom stereocenters. The van der Waals surface area contributed by atoms with Crippen molar-refractivity contribution in [2.75, 3.05) is 26.2 Å². The van der Waals surface area contributed by atoms with Gasteiger partial charge in [-0.3, -0.25) is 4.79 Å².